The predicted octanol–water partition coefficient (Wildman–Crippen LogP) is 2.92. The smallest absolute Gasteiger partial charge is 0.344 e. The van der Waals surface area contributed by atoms with Gasteiger partial charge in [0.2, 0.25) is 5.89 Å². The van der Waals surface area contributed by atoms with Gasteiger partial charge in [-0.05, 0) is 40.9 Å². The van der Waals surface area contributed by atoms with Crippen LogP contribution in [0, 0.1) is 0 Å². The first-order valence-corrected chi connectivity index (χ1v) is 10.3. The van der Waals surface area contributed by atoms with E-state index < -0.39 is 0 Å². The molecule has 0 radical (unpaired) electrons. The number of aromatic nitrogens is 5. The van der Waals surface area contributed by atoms with Crippen LogP contribution in [0.3, 0.4) is 0 Å². The van der Waals surface area contributed by atoms with E-state index >= 15 is 0 Å². The predicted molar refractivity (Wildman–Crippen MR) is 96.7 cm³/mol. The minimum Gasteiger partial charge on any atom is -0.419 e. The minimum absolute atomic E-state index is 0.0712. The van der Waals surface area contributed by atoms with E-state index in [1.165, 1.54) is 23.1 Å². The van der Waals surface area contributed by atoms with Gasteiger partial charge in [-0.1, -0.05) is 11.8 Å². The molecule has 11 heteroatoms. The third-order valence-corrected chi connectivity index (χ3v) is 6.28. The third-order valence-electron chi connectivity index (χ3n) is 3.71. The molecule has 3 aromatic rings. The summed E-state index contributed by atoms with van der Waals surface area (Å²) in [6.45, 7) is 1.26. The number of thiophene rings is 1. The van der Waals surface area contributed by atoms with Crippen LogP contribution in [-0.2, 0) is 17.0 Å². The summed E-state index contributed by atoms with van der Waals surface area (Å²) in [7, 11) is 0. The molecule has 25 heavy (non-hydrogen) atoms. The summed E-state index contributed by atoms with van der Waals surface area (Å²) in [6, 6.07) is 3.86. The van der Waals surface area contributed by atoms with Crippen molar-refractivity contribution in [2.75, 3.05) is 6.61 Å². The van der Waals surface area contributed by atoms with Crippen molar-refractivity contribution in [3.8, 4) is 10.8 Å². The number of halogens is 1. The Morgan fingerprint density at radius 3 is 3.12 bits per heavy atom. The van der Waals surface area contributed by atoms with Gasteiger partial charge in [0.25, 0.3) is 5.89 Å². The molecule has 4 heterocycles. The summed E-state index contributed by atoms with van der Waals surface area (Å²) in [4.78, 5) is 12.9. The number of aromatic amines is 1. The maximum Gasteiger partial charge on any atom is 0.344 e. The highest BCUT2D eigenvalue weighted by atomic mass is 79.9. The molecule has 1 fully saturated rings. The molecule has 4 rings (SSSR count). The average molecular weight is 444 g/mol. The van der Waals surface area contributed by atoms with Crippen LogP contribution in [0.2, 0.25) is 0 Å². The first-order chi connectivity index (χ1) is 12.2. The second-order valence-corrected chi connectivity index (χ2v) is 8.86. The number of H-pyrrole nitrogens is 1. The third kappa shape index (κ3) is 3.89. The Bertz CT molecular complexity index is 912. The number of hydrogen-bond donors (Lipinski definition) is 1. The molecular formula is C14H14BrN5O3S2. The minimum atomic E-state index is -0.229. The van der Waals surface area contributed by atoms with Gasteiger partial charge >= 0.3 is 5.69 Å². The summed E-state index contributed by atoms with van der Waals surface area (Å²) < 4.78 is 13.9. The summed E-state index contributed by atoms with van der Waals surface area (Å²) >= 11 is 6.32. The molecule has 0 amide bonds. The van der Waals surface area contributed by atoms with Crippen LogP contribution in [0.15, 0.2) is 30.3 Å². The standard InChI is InChI=1S/C14H14BrN5O3S2/c15-10-4-3-9(25-10)12-17-16-11(23-12)7-24-14-19-18-13(21)20(14)6-8-2-1-5-22-8/h3-4,8H,1-2,5-7H2,(H,18,21)/t8-/m0/s1. The molecule has 0 aliphatic carbocycles. The lowest BCUT2D eigenvalue weighted by Gasteiger charge is -2.10. The van der Waals surface area contributed by atoms with Gasteiger partial charge in [0.15, 0.2) is 5.16 Å². The maximum absolute atomic E-state index is 12.0. The molecular weight excluding hydrogens is 430 g/mol. The van der Waals surface area contributed by atoms with Crippen LogP contribution in [-0.4, -0.2) is 37.7 Å². The number of nitrogens with one attached hydrogen (secondary N) is 1. The molecule has 1 aliphatic heterocycles. The molecule has 1 saturated heterocycles. The van der Waals surface area contributed by atoms with E-state index in [9.17, 15) is 4.79 Å². The second-order valence-electron chi connectivity index (χ2n) is 5.45. The van der Waals surface area contributed by atoms with Gasteiger partial charge in [-0.3, -0.25) is 4.57 Å². The molecule has 3 aromatic heterocycles. The molecule has 1 atom stereocenters. The van der Waals surface area contributed by atoms with Crippen molar-refractivity contribution in [1.82, 2.24) is 25.0 Å². The van der Waals surface area contributed by atoms with Crippen molar-refractivity contribution in [1.29, 1.82) is 0 Å². The summed E-state index contributed by atoms with van der Waals surface area (Å²) in [5.41, 5.74) is -0.229. The Balaban J connectivity index is 1.43. The monoisotopic (exact) mass is 443 g/mol. The van der Waals surface area contributed by atoms with Crippen LogP contribution < -0.4 is 5.69 Å². The van der Waals surface area contributed by atoms with E-state index in [1.54, 1.807) is 4.57 Å². The molecule has 1 aliphatic rings. The summed E-state index contributed by atoms with van der Waals surface area (Å²) in [5.74, 6) is 1.42. The molecule has 0 aromatic carbocycles. The molecule has 0 bridgehead atoms. The first-order valence-electron chi connectivity index (χ1n) is 7.67. The Morgan fingerprint density at radius 2 is 2.36 bits per heavy atom. The van der Waals surface area contributed by atoms with E-state index in [1.807, 2.05) is 12.1 Å². The Kier molecular flexibility index (Phi) is 5.06. The van der Waals surface area contributed by atoms with Gasteiger partial charge in [-0.25, -0.2) is 9.89 Å². The van der Waals surface area contributed by atoms with Gasteiger partial charge in [-0.2, -0.15) is 0 Å². The van der Waals surface area contributed by atoms with E-state index in [0.29, 0.717) is 29.2 Å². The number of thioether (sulfide) groups is 1. The summed E-state index contributed by atoms with van der Waals surface area (Å²) in [6.07, 6.45) is 2.07. The van der Waals surface area contributed by atoms with Crippen molar-refractivity contribution < 1.29 is 9.15 Å². The zero-order chi connectivity index (χ0) is 17.2. The van der Waals surface area contributed by atoms with Crippen LogP contribution in [0.25, 0.3) is 10.8 Å². The number of ether oxygens (including phenoxy) is 1. The quantitative estimate of drug-likeness (QED) is 0.584. The maximum atomic E-state index is 12.0. The largest absolute Gasteiger partial charge is 0.419 e. The lowest BCUT2D eigenvalue weighted by atomic mass is 10.2. The Labute approximate surface area is 159 Å². The van der Waals surface area contributed by atoms with Crippen molar-refractivity contribution in [3.63, 3.8) is 0 Å². The fourth-order valence-electron chi connectivity index (χ4n) is 2.53. The highest BCUT2D eigenvalue weighted by Crippen LogP contribution is 2.31. The van der Waals surface area contributed by atoms with Gasteiger partial charge in [0.05, 0.1) is 27.1 Å². The number of rotatable bonds is 6. The number of hydrogen-bond acceptors (Lipinski definition) is 8. The molecule has 1 N–H and O–H groups in total. The highest BCUT2D eigenvalue weighted by molar-refractivity contribution is 9.11. The lowest BCUT2D eigenvalue weighted by Crippen LogP contribution is -2.24. The van der Waals surface area contributed by atoms with Crippen LogP contribution in [0.5, 0.6) is 0 Å². The van der Waals surface area contributed by atoms with E-state index in [2.05, 4.69) is 36.3 Å². The fourth-order valence-corrected chi connectivity index (χ4v) is 4.63. The SMILES string of the molecule is O=c1[nH]nc(SCc2nnc(-c3ccc(Br)s3)o2)n1C[C@@H]1CCCO1. The van der Waals surface area contributed by atoms with Crippen molar-refractivity contribution in [3.05, 3.63) is 32.3 Å². The fraction of sp³-hybridized carbons (Fsp3) is 0.429. The lowest BCUT2D eigenvalue weighted by molar-refractivity contribution is 0.0941. The van der Waals surface area contributed by atoms with Crippen molar-refractivity contribution in [2.45, 2.75) is 36.4 Å². The topological polar surface area (TPSA) is 98.8 Å². The zero-order valence-corrected chi connectivity index (χ0v) is 16.2. The van der Waals surface area contributed by atoms with Gasteiger partial charge in [0, 0.05) is 6.61 Å². The average Bonchev–Trinajstić information content (AvgIpc) is 3.36. The molecule has 132 valence electrons. The van der Waals surface area contributed by atoms with Crippen LogP contribution in [0.1, 0.15) is 18.7 Å². The summed E-state index contributed by atoms with van der Waals surface area (Å²) in [5, 5.41) is 15.3. The normalized spacial score (nSPS) is 17.4. The van der Waals surface area contributed by atoms with Crippen molar-refractivity contribution in [2.24, 2.45) is 0 Å². The van der Waals surface area contributed by atoms with Crippen LogP contribution >= 0.6 is 39.0 Å². The van der Waals surface area contributed by atoms with Gasteiger partial charge in [0.1, 0.15) is 0 Å². The van der Waals surface area contributed by atoms with E-state index in [0.717, 1.165) is 28.1 Å². The highest BCUT2D eigenvalue weighted by Gasteiger charge is 2.20. The van der Waals surface area contributed by atoms with Crippen LogP contribution in [0.4, 0.5) is 0 Å². The van der Waals surface area contributed by atoms with E-state index in [-0.39, 0.29) is 11.8 Å². The first kappa shape index (κ1) is 17.0. The molecule has 0 unspecified atom stereocenters. The zero-order valence-electron chi connectivity index (χ0n) is 13.0. The molecule has 8 nitrogen and oxygen atoms in total. The van der Waals surface area contributed by atoms with Gasteiger partial charge in [-0.15, -0.1) is 26.6 Å². The Morgan fingerprint density at radius 1 is 1.44 bits per heavy atom. The van der Waals surface area contributed by atoms with Gasteiger partial charge < -0.3 is 9.15 Å². The Hall–Kier alpha value is -1.43. The number of nitrogens with zero attached hydrogens (tertiary/aromatic N) is 4. The molecule has 0 saturated carbocycles. The molecule has 0 spiro atoms. The second kappa shape index (κ2) is 7.44. The van der Waals surface area contributed by atoms with E-state index in [4.69, 9.17) is 9.15 Å². The van der Waals surface area contributed by atoms with Crippen molar-refractivity contribution >= 4 is 39.0 Å².